The number of carbonyl (C=O) groups is 2. The lowest BCUT2D eigenvalue weighted by Gasteiger charge is -2.18. The van der Waals surface area contributed by atoms with E-state index < -0.39 is 6.03 Å². The van der Waals surface area contributed by atoms with Crippen molar-refractivity contribution in [2.75, 3.05) is 43.9 Å². The first-order valence-corrected chi connectivity index (χ1v) is 10.9. The Morgan fingerprint density at radius 1 is 1.03 bits per heavy atom. The number of ether oxygens (including phenoxy) is 2. The van der Waals surface area contributed by atoms with Crippen molar-refractivity contribution in [2.24, 2.45) is 0 Å². The molecule has 1 aromatic heterocycles. The lowest BCUT2D eigenvalue weighted by molar-refractivity contribution is 0.0946. The Kier molecular flexibility index (Phi) is 8.87. The van der Waals surface area contributed by atoms with Gasteiger partial charge in [0.15, 0.2) is 12.7 Å². The number of nitrogens with zero attached hydrogens (tertiary/aromatic N) is 2. The quantitative estimate of drug-likeness (QED) is 0.387. The molecule has 2 aromatic carbocycles. The predicted molar refractivity (Wildman–Crippen MR) is 129 cm³/mol. The monoisotopic (exact) mass is 467 g/mol. The standard InChI is InChI=1S/C24H29N5O5/c1-4-29(5-2)13-12-25-23(30)20-11-8-18(14-21(20)32-3)28-24(31)27-17-6-9-19(10-7-17)34-22-15-33-16-26-22/h6-11,14-16H,4-5,12-13H2,1-3H3,(H,25,30)(H2,27,28,31). The number of oxazole rings is 1. The number of aromatic nitrogens is 1. The van der Waals surface area contributed by atoms with Gasteiger partial charge < -0.3 is 34.7 Å². The number of anilines is 2. The van der Waals surface area contributed by atoms with Gasteiger partial charge in [-0.3, -0.25) is 4.79 Å². The van der Waals surface area contributed by atoms with Gasteiger partial charge in [-0.2, -0.15) is 4.98 Å². The van der Waals surface area contributed by atoms with E-state index in [2.05, 4.69) is 39.7 Å². The molecule has 34 heavy (non-hydrogen) atoms. The molecular weight excluding hydrogens is 438 g/mol. The summed E-state index contributed by atoms with van der Waals surface area (Å²) >= 11 is 0. The number of rotatable bonds is 11. The van der Waals surface area contributed by atoms with E-state index in [1.807, 2.05) is 0 Å². The number of hydrogen-bond acceptors (Lipinski definition) is 7. The van der Waals surface area contributed by atoms with Crippen molar-refractivity contribution in [2.45, 2.75) is 13.8 Å². The zero-order chi connectivity index (χ0) is 24.3. The first-order chi connectivity index (χ1) is 16.5. The summed E-state index contributed by atoms with van der Waals surface area (Å²) in [5, 5.41) is 8.37. The van der Waals surface area contributed by atoms with Gasteiger partial charge in [0, 0.05) is 30.5 Å². The second kappa shape index (κ2) is 12.3. The van der Waals surface area contributed by atoms with Crippen LogP contribution < -0.4 is 25.4 Å². The molecule has 0 saturated heterocycles. The maximum absolute atomic E-state index is 12.6. The topological polar surface area (TPSA) is 118 Å². The molecule has 0 aliphatic heterocycles. The highest BCUT2D eigenvalue weighted by molar-refractivity contribution is 6.01. The number of likely N-dealkylation sites (N-methyl/N-ethyl adjacent to an activating group) is 1. The lowest BCUT2D eigenvalue weighted by Crippen LogP contribution is -2.34. The Morgan fingerprint density at radius 2 is 1.74 bits per heavy atom. The molecule has 10 heteroatoms. The summed E-state index contributed by atoms with van der Waals surface area (Å²) in [6.07, 6.45) is 2.66. The fourth-order valence-corrected chi connectivity index (χ4v) is 3.19. The van der Waals surface area contributed by atoms with E-state index >= 15 is 0 Å². The van der Waals surface area contributed by atoms with Gasteiger partial charge in [0.25, 0.3) is 11.8 Å². The highest BCUT2D eigenvalue weighted by Gasteiger charge is 2.14. The van der Waals surface area contributed by atoms with Crippen LogP contribution >= 0.6 is 0 Å². The smallest absolute Gasteiger partial charge is 0.323 e. The summed E-state index contributed by atoms with van der Waals surface area (Å²) in [7, 11) is 1.48. The predicted octanol–water partition coefficient (Wildman–Crippen LogP) is 4.19. The fourth-order valence-electron chi connectivity index (χ4n) is 3.19. The van der Waals surface area contributed by atoms with E-state index in [1.165, 1.54) is 19.8 Å². The van der Waals surface area contributed by atoms with Crippen LogP contribution in [-0.4, -0.2) is 55.1 Å². The summed E-state index contributed by atoms with van der Waals surface area (Å²) in [6.45, 7) is 7.33. The molecule has 3 rings (SSSR count). The number of nitrogens with one attached hydrogen (secondary N) is 3. The van der Waals surface area contributed by atoms with Crippen LogP contribution in [0.5, 0.6) is 17.4 Å². The molecule has 0 aliphatic carbocycles. The largest absolute Gasteiger partial charge is 0.496 e. The van der Waals surface area contributed by atoms with Gasteiger partial charge in [0.1, 0.15) is 11.5 Å². The summed E-state index contributed by atoms with van der Waals surface area (Å²) < 4.78 is 15.7. The van der Waals surface area contributed by atoms with E-state index in [1.54, 1.807) is 42.5 Å². The molecule has 0 unspecified atom stereocenters. The van der Waals surface area contributed by atoms with Crippen LogP contribution in [0.3, 0.4) is 0 Å². The molecule has 0 bridgehead atoms. The van der Waals surface area contributed by atoms with Gasteiger partial charge in [-0.15, -0.1) is 0 Å². The van der Waals surface area contributed by atoms with Crippen molar-refractivity contribution in [1.82, 2.24) is 15.2 Å². The third-order valence-electron chi connectivity index (χ3n) is 5.06. The lowest BCUT2D eigenvalue weighted by atomic mass is 10.1. The van der Waals surface area contributed by atoms with Gasteiger partial charge in [0.05, 0.1) is 12.7 Å². The second-order valence-electron chi connectivity index (χ2n) is 7.23. The van der Waals surface area contributed by atoms with Crippen LogP contribution in [-0.2, 0) is 0 Å². The second-order valence-corrected chi connectivity index (χ2v) is 7.23. The minimum absolute atomic E-state index is 0.229. The van der Waals surface area contributed by atoms with Crippen LogP contribution in [0.15, 0.2) is 59.5 Å². The van der Waals surface area contributed by atoms with Crippen molar-refractivity contribution in [1.29, 1.82) is 0 Å². The minimum atomic E-state index is -0.441. The van der Waals surface area contributed by atoms with Crippen molar-refractivity contribution in [3.63, 3.8) is 0 Å². The van der Waals surface area contributed by atoms with Crippen LogP contribution in [0.1, 0.15) is 24.2 Å². The highest BCUT2D eigenvalue weighted by atomic mass is 16.5. The molecule has 0 atom stereocenters. The maximum atomic E-state index is 12.6. The van der Waals surface area contributed by atoms with Crippen LogP contribution in [0, 0.1) is 0 Å². The molecule has 1 heterocycles. The number of benzene rings is 2. The molecule has 3 N–H and O–H groups in total. The van der Waals surface area contributed by atoms with Gasteiger partial charge in [-0.05, 0) is 49.5 Å². The average Bonchev–Trinajstić information content (AvgIpc) is 3.36. The molecule has 10 nitrogen and oxygen atoms in total. The Labute approximate surface area is 198 Å². The summed E-state index contributed by atoms with van der Waals surface area (Å²) in [5.41, 5.74) is 1.46. The van der Waals surface area contributed by atoms with E-state index in [-0.39, 0.29) is 5.91 Å². The highest BCUT2D eigenvalue weighted by Crippen LogP contribution is 2.24. The van der Waals surface area contributed by atoms with E-state index in [9.17, 15) is 9.59 Å². The van der Waals surface area contributed by atoms with Crippen LogP contribution in [0.25, 0.3) is 0 Å². The third kappa shape index (κ3) is 6.97. The molecule has 3 aromatic rings. The molecule has 3 amide bonds. The van der Waals surface area contributed by atoms with Crippen molar-refractivity contribution in [3.8, 4) is 17.4 Å². The average molecular weight is 468 g/mol. The summed E-state index contributed by atoms with van der Waals surface area (Å²) in [6, 6.07) is 11.2. The summed E-state index contributed by atoms with van der Waals surface area (Å²) in [5.74, 6) is 1.03. The fraction of sp³-hybridized carbons (Fsp3) is 0.292. The Hall–Kier alpha value is -4.05. The van der Waals surface area contributed by atoms with Crippen molar-refractivity contribution in [3.05, 3.63) is 60.7 Å². The summed E-state index contributed by atoms with van der Waals surface area (Å²) in [4.78, 5) is 31.1. The number of methoxy groups -OCH3 is 1. The van der Waals surface area contributed by atoms with Crippen LogP contribution in [0.4, 0.5) is 16.2 Å². The van der Waals surface area contributed by atoms with E-state index in [0.29, 0.717) is 40.9 Å². The Bertz CT molecular complexity index is 1070. The zero-order valence-electron chi connectivity index (χ0n) is 19.5. The SMILES string of the molecule is CCN(CC)CCNC(=O)c1ccc(NC(=O)Nc2ccc(Oc3cocn3)cc2)cc1OC. The Balaban J connectivity index is 1.54. The number of urea groups is 1. The third-order valence-corrected chi connectivity index (χ3v) is 5.06. The van der Waals surface area contributed by atoms with E-state index in [0.717, 1.165) is 19.6 Å². The Morgan fingerprint density at radius 3 is 2.38 bits per heavy atom. The van der Waals surface area contributed by atoms with Crippen LogP contribution in [0.2, 0.25) is 0 Å². The molecule has 0 spiro atoms. The van der Waals surface area contributed by atoms with Gasteiger partial charge >= 0.3 is 6.03 Å². The first-order valence-electron chi connectivity index (χ1n) is 10.9. The number of amides is 3. The number of carbonyl (C=O) groups excluding carboxylic acids is 2. The number of hydrogen-bond donors (Lipinski definition) is 3. The van der Waals surface area contributed by atoms with Gasteiger partial charge in [-0.1, -0.05) is 13.8 Å². The molecule has 180 valence electrons. The van der Waals surface area contributed by atoms with Gasteiger partial charge in [0.2, 0.25) is 0 Å². The molecule has 0 radical (unpaired) electrons. The molecule has 0 saturated carbocycles. The zero-order valence-corrected chi connectivity index (χ0v) is 19.5. The van der Waals surface area contributed by atoms with Crippen molar-refractivity contribution >= 4 is 23.3 Å². The molecular formula is C24H29N5O5. The maximum Gasteiger partial charge on any atom is 0.323 e. The normalized spacial score (nSPS) is 10.6. The first kappa shape index (κ1) is 24.6. The van der Waals surface area contributed by atoms with E-state index in [4.69, 9.17) is 13.9 Å². The molecule has 0 aliphatic rings. The minimum Gasteiger partial charge on any atom is -0.496 e. The molecule has 0 fully saturated rings. The van der Waals surface area contributed by atoms with Gasteiger partial charge in [-0.25, -0.2) is 4.79 Å². The van der Waals surface area contributed by atoms with Crippen molar-refractivity contribution < 1.29 is 23.5 Å².